The predicted octanol–water partition coefficient (Wildman–Crippen LogP) is 1.92. The van der Waals surface area contributed by atoms with E-state index in [0.717, 1.165) is 45.6 Å². The van der Waals surface area contributed by atoms with Crippen LogP contribution in [-0.4, -0.2) is 43.4 Å². The maximum absolute atomic E-state index is 6.03. The Balaban J connectivity index is 1.63. The first-order chi connectivity index (χ1) is 10.2. The lowest BCUT2D eigenvalue weighted by Gasteiger charge is -2.41. The molecule has 0 aromatic heterocycles. The molecule has 2 unspecified atom stereocenters. The van der Waals surface area contributed by atoms with Gasteiger partial charge in [0.2, 0.25) is 0 Å². The number of hydrogen-bond donors (Lipinski definition) is 1. The maximum atomic E-state index is 6.03. The van der Waals surface area contributed by atoms with Gasteiger partial charge in [0.1, 0.15) is 0 Å². The van der Waals surface area contributed by atoms with Crippen molar-refractivity contribution >= 4 is 0 Å². The summed E-state index contributed by atoms with van der Waals surface area (Å²) in [5.74, 6) is 0. The Morgan fingerprint density at radius 3 is 2.95 bits per heavy atom. The van der Waals surface area contributed by atoms with E-state index in [9.17, 15) is 0 Å². The Labute approximate surface area is 127 Å². The van der Waals surface area contributed by atoms with Gasteiger partial charge in [0.05, 0.1) is 12.2 Å². The Bertz CT molecular complexity index is 472. The highest BCUT2D eigenvalue weighted by molar-refractivity contribution is 5.23. The first kappa shape index (κ1) is 15.0. The summed E-state index contributed by atoms with van der Waals surface area (Å²) >= 11 is 0. The van der Waals surface area contributed by atoms with Crippen molar-refractivity contribution in [1.82, 2.24) is 4.90 Å². The van der Waals surface area contributed by atoms with Crippen LogP contribution < -0.4 is 5.73 Å². The van der Waals surface area contributed by atoms with E-state index < -0.39 is 0 Å². The molecule has 2 heterocycles. The second-order valence-corrected chi connectivity index (χ2v) is 6.42. The summed E-state index contributed by atoms with van der Waals surface area (Å²) < 4.78 is 11.6. The van der Waals surface area contributed by atoms with E-state index in [1.807, 2.05) is 0 Å². The summed E-state index contributed by atoms with van der Waals surface area (Å²) in [5, 5.41) is 0. The minimum absolute atomic E-state index is 0.0176. The van der Waals surface area contributed by atoms with Crippen LogP contribution in [0.2, 0.25) is 0 Å². The van der Waals surface area contributed by atoms with E-state index in [1.165, 1.54) is 11.1 Å². The van der Waals surface area contributed by atoms with Crippen LogP contribution in [0, 0.1) is 0 Å². The highest BCUT2D eigenvalue weighted by atomic mass is 16.6. The van der Waals surface area contributed by atoms with Gasteiger partial charge in [-0.2, -0.15) is 0 Å². The van der Waals surface area contributed by atoms with Crippen molar-refractivity contribution in [3.05, 3.63) is 35.4 Å². The zero-order chi connectivity index (χ0) is 14.7. The Kier molecular flexibility index (Phi) is 4.60. The Morgan fingerprint density at radius 2 is 2.19 bits per heavy atom. The molecule has 4 heteroatoms. The molecule has 2 fully saturated rings. The van der Waals surface area contributed by atoms with Crippen LogP contribution in [0.15, 0.2) is 24.3 Å². The average Bonchev–Trinajstić information content (AvgIpc) is 2.95. The van der Waals surface area contributed by atoms with Crippen molar-refractivity contribution < 1.29 is 9.47 Å². The van der Waals surface area contributed by atoms with Gasteiger partial charge in [-0.3, -0.25) is 4.90 Å². The van der Waals surface area contributed by atoms with Gasteiger partial charge in [0.15, 0.2) is 0 Å². The van der Waals surface area contributed by atoms with Gasteiger partial charge in [-0.05, 0) is 31.0 Å². The third-order valence-corrected chi connectivity index (χ3v) is 4.82. The summed E-state index contributed by atoms with van der Waals surface area (Å²) in [4.78, 5) is 2.46. The second kappa shape index (κ2) is 6.44. The molecule has 0 bridgehead atoms. The third kappa shape index (κ3) is 3.46. The van der Waals surface area contributed by atoms with Gasteiger partial charge in [0.25, 0.3) is 0 Å². The minimum atomic E-state index is -0.0176. The van der Waals surface area contributed by atoms with Crippen LogP contribution in [0.5, 0.6) is 0 Å². The van der Waals surface area contributed by atoms with Crippen molar-refractivity contribution in [2.75, 3.05) is 26.9 Å². The van der Waals surface area contributed by atoms with Crippen molar-refractivity contribution in [2.24, 2.45) is 5.73 Å². The second-order valence-electron chi connectivity index (χ2n) is 6.42. The van der Waals surface area contributed by atoms with Crippen LogP contribution in [-0.2, 0) is 22.6 Å². The van der Waals surface area contributed by atoms with Crippen LogP contribution >= 0.6 is 0 Å². The molecular weight excluding hydrogens is 264 g/mol. The van der Waals surface area contributed by atoms with Gasteiger partial charge in [0, 0.05) is 38.8 Å². The normalized spacial score (nSPS) is 29.4. The molecule has 2 atom stereocenters. The number of nitrogens with two attached hydrogens (primary N) is 1. The molecule has 21 heavy (non-hydrogen) atoms. The van der Waals surface area contributed by atoms with Crippen LogP contribution in [0.1, 0.15) is 30.4 Å². The number of hydrogen-bond acceptors (Lipinski definition) is 4. The van der Waals surface area contributed by atoms with E-state index in [2.05, 4.69) is 36.2 Å². The summed E-state index contributed by atoms with van der Waals surface area (Å²) in [6, 6.07) is 9.15. The summed E-state index contributed by atoms with van der Waals surface area (Å²) in [6.07, 6.45) is 3.23. The SMILES string of the molecule is CN(Cc1cccc(CN)c1)C1CCOC2(CCOC2)C1. The van der Waals surface area contributed by atoms with Crippen molar-refractivity contribution in [2.45, 2.75) is 44.0 Å². The maximum Gasteiger partial charge on any atom is 0.0951 e. The molecule has 0 radical (unpaired) electrons. The summed E-state index contributed by atoms with van der Waals surface area (Å²) in [5.41, 5.74) is 8.25. The molecule has 2 saturated heterocycles. The van der Waals surface area contributed by atoms with Crippen molar-refractivity contribution in [3.8, 4) is 0 Å². The highest BCUT2D eigenvalue weighted by Crippen LogP contribution is 2.34. The smallest absolute Gasteiger partial charge is 0.0951 e. The van der Waals surface area contributed by atoms with Crippen LogP contribution in [0.3, 0.4) is 0 Å². The quantitative estimate of drug-likeness (QED) is 0.920. The lowest BCUT2D eigenvalue weighted by atomic mass is 9.89. The lowest BCUT2D eigenvalue weighted by molar-refractivity contribution is -0.104. The number of rotatable bonds is 4. The number of ether oxygens (including phenoxy) is 2. The number of nitrogens with zero attached hydrogens (tertiary/aromatic N) is 1. The molecule has 0 amide bonds. The topological polar surface area (TPSA) is 47.7 Å². The third-order valence-electron chi connectivity index (χ3n) is 4.82. The minimum Gasteiger partial charge on any atom is -0.378 e. The van der Waals surface area contributed by atoms with E-state index >= 15 is 0 Å². The highest BCUT2D eigenvalue weighted by Gasteiger charge is 2.41. The van der Waals surface area contributed by atoms with Gasteiger partial charge in [-0.25, -0.2) is 0 Å². The molecule has 1 spiro atoms. The molecule has 2 aliphatic heterocycles. The molecule has 2 N–H and O–H groups in total. The van der Waals surface area contributed by atoms with Crippen LogP contribution in [0.25, 0.3) is 0 Å². The molecule has 3 rings (SSSR count). The van der Waals surface area contributed by atoms with Gasteiger partial charge in [-0.15, -0.1) is 0 Å². The lowest BCUT2D eigenvalue weighted by Crippen LogP contribution is -2.47. The summed E-state index contributed by atoms with van der Waals surface area (Å²) in [7, 11) is 2.22. The molecule has 0 saturated carbocycles. The molecule has 1 aromatic carbocycles. The zero-order valence-electron chi connectivity index (χ0n) is 12.9. The van der Waals surface area contributed by atoms with Crippen molar-refractivity contribution in [1.29, 1.82) is 0 Å². The molecule has 1 aromatic rings. The fraction of sp³-hybridized carbons (Fsp3) is 0.647. The Hall–Kier alpha value is -0.940. The van der Waals surface area contributed by atoms with Gasteiger partial charge >= 0.3 is 0 Å². The van der Waals surface area contributed by atoms with Gasteiger partial charge in [-0.1, -0.05) is 24.3 Å². The molecular formula is C17H26N2O2. The Morgan fingerprint density at radius 1 is 1.33 bits per heavy atom. The van der Waals surface area contributed by atoms with Crippen LogP contribution in [0.4, 0.5) is 0 Å². The standard InChI is InChI=1S/C17H26N2O2/c1-19(12-15-4-2-3-14(9-15)11-18)16-5-7-21-17(10-16)6-8-20-13-17/h2-4,9,16H,5-8,10-13,18H2,1H3. The molecule has 2 aliphatic rings. The molecule has 0 aliphatic carbocycles. The fourth-order valence-electron chi connectivity index (χ4n) is 3.51. The van der Waals surface area contributed by atoms with Crippen molar-refractivity contribution in [3.63, 3.8) is 0 Å². The first-order valence-electron chi connectivity index (χ1n) is 7.91. The largest absolute Gasteiger partial charge is 0.378 e. The summed E-state index contributed by atoms with van der Waals surface area (Å²) in [6.45, 7) is 4.03. The monoisotopic (exact) mass is 290 g/mol. The first-order valence-corrected chi connectivity index (χ1v) is 7.91. The average molecular weight is 290 g/mol. The van der Waals surface area contributed by atoms with Gasteiger partial charge < -0.3 is 15.2 Å². The molecule has 116 valence electrons. The van der Waals surface area contributed by atoms with E-state index in [0.29, 0.717) is 12.6 Å². The number of benzene rings is 1. The predicted molar refractivity (Wildman–Crippen MR) is 82.9 cm³/mol. The fourth-order valence-corrected chi connectivity index (χ4v) is 3.51. The van der Waals surface area contributed by atoms with E-state index in [1.54, 1.807) is 0 Å². The van der Waals surface area contributed by atoms with E-state index in [4.69, 9.17) is 15.2 Å². The zero-order valence-corrected chi connectivity index (χ0v) is 12.9. The van der Waals surface area contributed by atoms with E-state index in [-0.39, 0.29) is 5.60 Å². The molecule has 4 nitrogen and oxygen atoms in total.